The predicted molar refractivity (Wildman–Crippen MR) is 137 cm³/mol. The van der Waals surface area contributed by atoms with Gasteiger partial charge in [-0.1, -0.05) is 65.9 Å². The topological polar surface area (TPSA) is 103 Å². The van der Waals surface area contributed by atoms with Crippen molar-refractivity contribution in [2.75, 3.05) is 11.1 Å². The number of amides is 1. The summed E-state index contributed by atoms with van der Waals surface area (Å²) in [6, 6.07) is 20.9. The first kappa shape index (κ1) is 24.2. The molecule has 0 atom stereocenters. The molecule has 9 heteroatoms. The van der Waals surface area contributed by atoms with Crippen LogP contribution in [0.3, 0.4) is 0 Å². The SMILES string of the molecule is Cc1ccc(-n2c(Cc3ccccc3)nnc2SCC(=O)Nc2cccc([N+](=O)[O-])c2C)c(C)c1. The molecule has 1 aromatic heterocycles. The van der Waals surface area contributed by atoms with Gasteiger partial charge in [-0.25, -0.2) is 0 Å². The molecule has 1 N–H and O–H groups in total. The van der Waals surface area contributed by atoms with Crippen molar-refractivity contribution in [1.29, 1.82) is 0 Å². The Morgan fingerprint density at radius 1 is 1.03 bits per heavy atom. The van der Waals surface area contributed by atoms with Gasteiger partial charge in [-0.15, -0.1) is 10.2 Å². The Bertz CT molecular complexity index is 1390. The second kappa shape index (κ2) is 10.5. The molecule has 35 heavy (non-hydrogen) atoms. The normalized spacial score (nSPS) is 10.8. The first-order valence-corrected chi connectivity index (χ1v) is 12.0. The van der Waals surface area contributed by atoms with Gasteiger partial charge in [0.15, 0.2) is 5.16 Å². The number of nitrogens with one attached hydrogen (secondary N) is 1. The number of hydrogen-bond acceptors (Lipinski definition) is 6. The van der Waals surface area contributed by atoms with Crippen LogP contribution in [-0.2, 0) is 11.2 Å². The predicted octanol–water partition coefficient (Wildman–Crippen LogP) is 5.42. The third-order valence-electron chi connectivity index (χ3n) is 5.61. The van der Waals surface area contributed by atoms with Crippen LogP contribution in [0, 0.1) is 30.9 Å². The fraction of sp³-hybridized carbons (Fsp3) is 0.192. The molecule has 0 aliphatic heterocycles. The van der Waals surface area contributed by atoms with E-state index in [2.05, 4.69) is 21.6 Å². The Kier molecular flexibility index (Phi) is 7.26. The summed E-state index contributed by atoms with van der Waals surface area (Å²) in [6.07, 6.45) is 0.598. The Morgan fingerprint density at radius 2 is 1.80 bits per heavy atom. The first-order chi connectivity index (χ1) is 16.8. The van der Waals surface area contributed by atoms with E-state index >= 15 is 0 Å². The molecule has 1 amide bonds. The molecule has 0 saturated heterocycles. The minimum Gasteiger partial charge on any atom is -0.325 e. The molecule has 8 nitrogen and oxygen atoms in total. The van der Waals surface area contributed by atoms with Crippen molar-refractivity contribution in [2.45, 2.75) is 32.3 Å². The number of rotatable bonds is 8. The average Bonchev–Trinajstić information content (AvgIpc) is 3.21. The number of carbonyl (C=O) groups excluding carboxylic acids is 1. The zero-order valence-electron chi connectivity index (χ0n) is 19.7. The van der Waals surface area contributed by atoms with Crippen LogP contribution >= 0.6 is 11.8 Å². The average molecular weight is 488 g/mol. The Balaban J connectivity index is 1.58. The van der Waals surface area contributed by atoms with Crippen molar-refractivity contribution in [3.8, 4) is 5.69 Å². The van der Waals surface area contributed by atoms with Crippen LogP contribution in [0.2, 0.25) is 0 Å². The van der Waals surface area contributed by atoms with Crippen LogP contribution in [0.5, 0.6) is 0 Å². The van der Waals surface area contributed by atoms with Gasteiger partial charge in [0.25, 0.3) is 5.69 Å². The number of nitro groups is 1. The van der Waals surface area contributed by atoms with E-state index in [0.29, 0.717) is 22.8 Å². The Labute approximate surface area is 207 Å². The van der Waals surface area contributed by atoms with E-state index in [-0.39, 0.29) is 17.3 Å². The third-order valence-corrected chi connectivity index (χ3v) is 6.54. The summed E-state index contributed by atoms with van der Waals surface area (Å²) >= 11 is 1.27. The van der Waals surface area contributed by atoms with Crippen molar-refractivity contribution in [1.82, 2.24) is 14.8 Å². The van der Waals surface area contributed by atoms with Gasteiger partial charge < -0.3 is 5.32 Å². The summed E-state index contributed by atoms with van der Waals surface area (Å²) in [5.74, 6) is 0.579. The van der Waals surface area contributed by atoms with Gasteiger partial charge in [-0.3, -0.25) is 19.5 Å². The summed E-state index contributed by atoms with van der Waals surface area (Å²) in [5, 5.41) is 23.4. The molecule has 4 aromatic rings. The van der Waals surface area contributed by atoms with E-state index < -0.39 is 4.92 Å². The summed E-state index contributed by atoms with van der Waals surface area (Å²) in [5.41, 5.74) is 5.12. The zero-order valence-corrected chi connectivity index (χ0v) is 20.5. The summed E-state index contributed by atoms with van der Waals surface area (Å²) in [6.45, 7) is 5.71. The maximum absolute atomic E-state index is 12.7. The number of carbonyl (C=O) groups is 1. The molecule has 0 aliphatic carbocycles. The Morgan fingerprint density at radius 3 is 2.51 bits per heavy atom. The Hall–Kier alpha value is -3.98. The maximum atomic E-state index is 12.7. The van der Waals surface area contributed by atoms with Gasteiger partial charge in [0, 0.05) is 12.5 Å². The highest BCUT2D eigenvalue weighted by Gasteiger charge is 2.19. The molecule has 0 bridgehead atoms. The highest BCUT2D eigenvalue weighted by atomic mass is 32.2. The van der Waals surface area contributed by atoms with Crippen LogP contribution in [0.1, 0.15) is 28.1 Å². The second-order valence-electron chi connectivity index (χ2n) is 8.23. The number of aromatic nitrogens is 3. The van der Waals surface area contributed by atoms with Crippen LogP contribution in [-0.4, -0.2) is 31.3 Å². The van der Waals surface area contributed by atoms with Gasteiger partial charge in [-0.2, -0.15) is 0 Å². The molecule has 0 fully saturated rings. The van der Waals surface area contributed by atoms with Gasteiger partial charge in [0.1, 0.15) is 5.82 Å². The smallest absolute Gasteiger partial charge is 0.274 e. The maximum Gasteiger partial charge on any atom is 0.274 e. The van der Waals surface area contributed by atoms with Crippen molar-refractivity contribution in [3.05, 3.63) is 105 Å². The van der Waals surface area contributed by atoms with E-state index in [1.165, 1.54) is 17.8 Å². The van der Waals surface area contributed by atoms with Crippen molar-refractivity contribution >= 4 is 29.0 Å². The van der Waals surface area contributed by atoms with Gasteiger partial charge in [-0.05, 0) is 44.0 Å². The summed E-state index contributed by atoms with van der Waals surface area (Å²) in [7, 11) is 0. The fourth-order valence-corrected chi connectivity index (χ4v) is 4.62. The number of nitro benzene ring substituents is 1. The monoisotopic (exact) mass is 487 g/mol. The van der Waals surface area contributed by atoms with Crippen LogP contribution in [0.4, 0.5) is 11.4 Å². The number of aryl methyl sites for hydroxylation is 2. The van der Waals surface area contributed by atoms with Gasteiger partial charge in [0.2, 0.25) is 5.91 Å². The molecule has 0 unspecified atom stereocenters. The van der Waals surface area contributed by atoms with Crippen LogP contribution in [0.15, 0.2) is 71.9 Å². The number of benzene rings is 3. The number of anilines is 1. The highest BCUT2D eigenvalue weighted by molar-refractivity contribution is 7.99. The molecule has 0 spiro atoms. The molecule has 0 saturated carbocycles. The number of hydrogen-bond donors (Lipinski definition) is 1. The minimum absolute atomic E-state index is 0.0319. The van der Waals surface area contributed by atoms with Crippen LogP contribution < -0.4 is 5.32 Å². The standard InChI is InChI=1S/C26H25N5O3S/c1-17-12-13-22(18(2)14-17)30-24(15-20-8-5-4-6-9-20)28-29-26(30)35-16-25(32)27-21-10-7-11-23(19(21)3)31(33)34/h4-14H,15-16H2,1-3H3,(H,27,32). The van der Waals surface area contributed by atoms with E-state index in [1.54, 1.807) is 19.1 Å². The fourth-order valence-electron chi connectivity index (χ4n) is 3.86. The molecule has 0 aliphatic rings. The van der Waals surface area contributed by atoms with E-state index in [0.717, 1.165) is 28.2 Å². The zero-order chi connectivity index (χ0) is 24.9. The van der Waals surface area contributed by atoms with Gasteiger partial charge in [0.05, 0.1) is 27.6 Å². The molecule has 1 heterocycles. The van der Waals surface area contributed by atoms with Crippen molar-refractivity contribution < 1.29 is 9.72 Å². The summed E-state index contributed by atoms with van der Waals surface area (Å²) in [4.78, 5) is 23.5. The molecular formula is C26H25N5O3S. The summed E-state index contributed by atoms with van der Waals surface area (Å²) < 4.78 is 2.00. The third kappa shape index (κ3) is 5.58. The van der Waals surface area contributed by atoms with E-state index in [4.69, 9.17) is 0 Å². The van der Waals surface area contributed by atoms with Crippen molar-refractivity contribution in [2.24, 2.45) is 0 Å². The lowest BCUT2D eigenvalue weighted by Crippen LogP contribution is -2.16. The minimum atomic E-state index is -0.458. The van der Waals surface area contributed by atoms with E-state index in [9.17, 15) is 14.9 Å². The lowest BCUT2D eigenvalue weighted by molar-refractivity contribution is -0.385. The van der Waals surface area contributed by atoms with Gasteiger partial charge >= 0.3 is 0 Å². The molecular weight excluding hydrogens is 462 g/mol. The lowest BCUT2D eigenvalue weighted by atomic mass is 10.1. The quantitative estimate of drug-likeness (QED) is 0.202. The molecule has 4 rings (SSSR count). The number of thioether (sulfide) groups is 1. The van der Waals surface area contributed by atoms with E-state index in [1.807, 2.05) is 60.9 Å². The largest absolute Gasteiger partial charge is 0.325 e. The molecule has 178 valence electrons. The first-order valence-electron chi connectivity index (χ1n) is 11.1. The van der Waals surface area contributed by atoms with Crippen molar-refractivity contribution in [3.63, 3.8) is 0 Å². The molecule has 0 radical (unpaired) electrons. The lowest BCUT2D eigenvalue weighted by Gasteiger charge is -2.14. The second-order valence-corrected chi connectivity index (χ2v) is 9.17. The van der Waals surface area contributed by atoms with Crippen LogP contribution in [0.25, 0.3) is 5.69 Å². The highest BCUT2D eigenvalue weighted by Crippen LogP contribution is 2.28. The molecule has 3 aromatic carbocycles. The number of nitrogens with zero attached hydrogens (tertiary/aromatic N) is 4.